The van der Waals surface area contributed by atoms with Crippen LogP contribution in [0.25, 0.3) is 0 Å². The van der Waals surface area contributed by atoms with Gasteiger partial charge in [-0.3, -0.25) is 9.59 Å². The molecule has 1 amide bonds. The monoisotopic (exact) mass is 337 g/mol. The summed E-state index contributed by atoms with van der Waals surface area (Å²) >= 11 is 5.64. The zero-order valence-corrected chi connectivity index (χ0v) is 14.9. The van der Waals surface area contributed by atoms with Crippen molar-refractivity contribution in [1.82, 2.24) is 0 Å². The zero-order valence-electron chi connectivity index (χ0n) is 14.1. The molecule has 0 spiro atoms. The molecule has 1 aliphatic heterocycles. The van der Waals surface area contributed by atoms with Crippen LogP contribution in [-0.2, 0) is 4.79 Å². The first-order valence-corrected chi connectivity index (χ1v) is 8.59. The maximum absolute atomic E-state index is 12.8. The minimum atomic E-state index is -0.482. The lowest BCUT2D eigenvalue weighted by Gasteiger charge is -2.36. The highest BCUT2D eigenvalue weighted by atomic mass is 35.5. The molecule has 0 bridgehead atoms. The predicted molar refractivity (Wildman–Crippen MR) is 92.6 cm³/mol. The van der Waals surface area contributed by atoms with Crippen LogP contribution in [0.3, 0.4) is 0 Å². The fraction of sp³-hybridized carbons (Fsp3) is 0.556. The molecule has 0 saturated heterocycles. The van der Waals surface area contributed by atoms with Gasteiger partial charge in [-0.1, -0.05) is 27.7 Å². The van der Waals surface area contributed by atoms with Gasteiger partial charge in [-0.25, -0.2) is 0 Å². The van der Waals surface area contributed by atoms with E-state index in [9.17, 15) is 9.59 Å². The van der Waals surface area contributed by atoms with Crippen LogP contribution in [-0.4, -0.2) is 30.2 Å². The first-order valence-electron chi connectivity index (χ1n) is 8.06. The third-order valence-corrected chi connectivity index (χ3v) is 4.23. The molecular formula is C18H24ClNO3. The van der Waals surface area contributed by atoms with Crippen LogP contribution in [0.15, 0.2) is 18.2 Å². The number of anilines is 1. The predicted octanol–water partition coefficient (Wildman–Crippen LogP) is 3.90. The Morgan fingerprint density at radius 2 is 2.00 bits per heavy atom. The topological polar surface area (TPSA) is 46.6 Å². The maximum atomic E-state index is 12.8. The average Bonchev–Trinajstić information content (AvgIpc) is 2.51. The molecule has 0 aromatic heterocycles. The SMILES string of the molecule is CC(C)CCN1C(=O)C(C(C)C)Oc2ccc(C(=O)CCl)cc21. The second-order valence-corrected chi connectivity index (χ2v) is 6.96. The van der Waals surface area contributed by atoms with Crippen molar-refractivity contribution < 1.29 is 14.3 Å². The summed E-state index contributed by atoms with van der Waals surface area (Å²) in [6.45, 7) is 8.81. The van der Waals surface area contributed by atoms with Crippen LogP contribution in [0.2, 0.25) is 0 Å². The Labute approximate surface area is 142 Å². The highest BCUT2D eigenvalue weighted by molar-refractivity contribution is 6.30. The quantitative estimate of drug-likeness (QED) is 0.584. The molecule has 23 heavy (non-hydrogen) atoms. The molecule has 1 unspecified atom stereocenters. The summed E-state index contributed by atoms with van der Waals surface area (Å²) in [5, 5.41) is 0. The fourth-order valence-electron chi connectivity index (χ4n) is 2.58. The summed E-state index contributed by atoms with van der Waals surface area (Å²) in [6.07, 6.45) is 0.410. The number of Topliss-reactive ketones (excluding diaryl/α,β-unsaturated/α-hetero) is 1. The molecular weight excluding hydrogens is 314 g/mol. The molecule has 2 rings (SSSR count). The van der Waals surface area contributed by atoms with Crippen LogP contribution in [0.1, 0.15) is 44.5 Å². The van der Waals surface area contributed by atoms with E-state index in [0.29, 0.717) is 29.5 Å². The van der Waals surface area contributed by atoms with Gasteiger partial charge < -0.3 is 9.64 Å². The number of carbonyl (C=O) groups excluding carboxylic acids is 2. The van der Waals surface area contributed by atoms with Crippen LogP contribution in [0.4, 0.5) is 5.69 Å². The minimum Gasteiger partial charge on any atom is -0.478 e. The normalized spacial score (nSPS) is 17.4. The maximum Gasteiger partial charge on any atom is 0.268 e. The van der Waals surface area contributed by atoms with Crippen LogP contribution < -0.4 is 9.64 Å². The van der Waals surface area contributed by atoms with Gasteiger partial charge in [0.15, 0.2) is 11.9 Å². The van der Waals surface area contributed by atoms with Crippen molar-refractivity contribution in [3.05, 3.63) is 23.8 Å². The lowest BCUT2D eigenvalue weighted by molar-refractivity contribution is -0.128. The Morgan fingerprint density at radius 1 is 1.30 bits per heavy atom. The molecule has 5 heteroatoms. The van der Waals surface area contributed by atoms with E-state index in [4.69, 9.17) is 16.3 Å². The van der Waals surface area contributed by atoms with Gasteiger partial charge in [-0.15, -0.1) is 11.6 Å². The second kappa shape index (κ2) is 7.35. The Morgan fingerprint density at radius 3 is 2.57 bits per heavy atom. The number of fused-ring (bicyclic) bond motifs is 1. The summed E-state index contributed by atoms with van der Waals surface area (Å²) in [7, 11) is 0. The Bertz CT molecular complexity index is 598. The average molecular weight is 338 g/mol. The second-order valence-electron chi connectivity index (χ2n) is 6.69. The van der Waals surface area contributed by atoms with E-state index >= 15 is 0 Å². The van der Waals surface area contributed by atoms with E-state index in [-0.39, 0.29) is 23.5 Å². The third-order valence-electron chi connectivity index (χ3n) is 3.99. The van der Waals surface area contributed by atoms with Crippen molar-refractivity contribution in [2.24, 2.45) is 11.8 Å². The van der Waals surface area contributed by atoms with Gasteiger partial charge in [0.2, 0.25) is 0 Å². The number of amides is 1. The van der Waals surface area contributed by atoms with E-state index in [1.54, 1.807) is 23.1 Å². The van der Waals surface area contributed by atoms with E-state index in [1.807, 2.05) is 13.8 Å². The number of halogens is 1. The van der Waals surface area contributed by atoms with Crippen molar-refractivity contribution >= 4 is 29.0 Å². The van der Waals surface area contributed by atoms with Crippen LogP contribution in [0, 0.1) is 11.8 Å². The molecule has 0 fully saturated rings. The van der Waals surface area contributed by atoms with Crippen molar-refractivity contribution in [3.8, 4) is 5.75 Å². The molecule has 126 valence electrons. The number of nitrogens with zero attached hydrogens (tertiary/aromatic N) is 1. The third kappa shape index (κ3) is 3.86. The lowest BCUT2D eigenvalue weighted by atomic mass is 10.0. The molecule has 0 saturated carbocycles. The summed E-state index contributed by atoms with van der Waals surface area (Å²) in [6, 6.07) is 5.19. The van der Waals surface area contributed by atoms with E-state index < -0.39 is 6.10 Å². The van der Waals surface area contributed by atoms with Gasteiger partial charge >= 0.3 is 0 Å². The minimum absolute atomic E-state index is 0.0383. The molecule has 1 aromatic rings. The first-order chi connectivity index (χ1) is 10.8. The number of hydrogen-bond donors (Lipinski definition) is 0. The molecule has 0 radical (unpaired) electrons. The Hall–Kier alpha value is -1.55. The van der Waals surface area contributed by atoms with Crippen molar-refractivity contribution in [1.29, 1.82) is 0 Å². The van der Waals surface area contributed by atoms with Gasteiger partial charge in [0.25, 0.3) is 5.91 Å². The number of ketones is 1. The molecule has 0 aliphatic carbocycles. The molecule has 1 aromatic carbocycles. The van der Waals surface area contributed by atoms with Gasteiger partial charge in [0, 0.05) is 12.1 Å². The van der Waals surface area contributed by atoms with Gasteiger partial charge in [-0.05, 0) is 36.5 Å². The molecule has 0 N–H and O–H groups in total. The highest BCUT2D eigenvalue weighted by Crippen LogP contribution is 2.37. The van der Waals surface area contributed by atoms with E-state index in [1.165, 1.54) is 0 Å². The molecule has 1 heterocycles. The number of rotatable bonds is 6. The number of ether oxygens (including phenoxy) is 1. The summed E-state index contributed by atoms with van der Waals surface area (Å²) in [5.41, 5.74) is 1.18. The first kappa shape index (κ1) is 17.8. The highest BCUT2D eigenvalue weighted by Gasteiger charge is 2.36. The molecule has 4 nitrogen and oxygen atoms in total. The van der Waals surface area contributed by atoms with Crippen molar-refractivity contribution in [3.63, 3.8) is 0 Å². The van der Waals surface area contributed by atoms with Crippen LogP contribution in [0.5, 0.6) is 5.75 Å². The Balaban J connectivity index is 2.42. The number of carbonyl (C=O) groups is 2. The van der Waals surface area contributed by atoms with Crippen LogP contribution >= 0.6 is 11.6 Å². The standard InChI is InChI=1S/C18H24ClNO3/c1-11(2)7-8-20-14-9-13(15(21)10-19)5-6-16(14)23-17(12(3)4)18(20)22/h5-6,9,11-12,17H,7-8,10H2,1-4H3. The Kier molecular flexibility index (Phi) is 5.69. The number of alkyl halides is 1. The number of benzene rings is 1. The smallest absolute Gasteiger partial charge is 0.268 e. The number of hydrogen-bond acceptors (Lipinski definition) is 3. The molecule has 1 aliphatic rings. The molecule has 1 atom stereocenters. The van der Waals surface area contributed by atoms with Crippen molar-refractivity contribution in [2.75, 3.05) is 17.3 Å². The van der Waals surface area contributed by atoms with Crippen molar-refractivity contribution in [2.45, 2.75) is 40.2 Å². The van der Waals surface area contributed by atoms with E-state index in [0.717, 1.165) is 6.42 Å². The summed E-state index contributed by atoms with van der Waals surface area (Å²) in [5.74, 6) is 0.952. The van der Waals surface area contributed by atoms with E-state index in [2.05, 4.69) is 13.8 Å². The van der Waals surface area contributed by atoms with Gasteiger partial charge in [0.05, 0.1) is 11.6 Å². The van der Waals surface area contributed by atoms with Gasteiger partial charge in [-0.2, -0.15) is 0 Å². The fourth-order valence-corrected chi connectivity index (χ4v) is 2.73. The zero-order chi connectivity index (χ0) is 17.1. The summed E-state index contributed by atoms with van der Waals surface area (Å²) < 4.78 is 5.88. The summed E-state index contributed by atoms with van der Waals surface area (Å²) in [4.78, 5) is 26.4. The lowest BCUT2D eigenvalue weighted by Crippen LogP contribution is -2.49. The largest absolute Gasteiger partial charge is 0.478 e. The van der Waals surface area contributed by atoms with Gasteiger partial charge in [0.1, 0.15) is 5.75 Å².